The van der Waals surface area contributed by atoms with Crippen LogP contribution in [0.5, 0.6) is 0 Å². The van der Waals surface area contributed by atoms with Crippen LogP contribution in [-0.2, 0) is 4.74 Å². The average molecular weight is 365 g/mol. The maximum Gasteiger partial charge on any atom is 0.337 e. The van der Waals surface area contributed by atoms with Gasteiger partial charge in [-0.3, -0.25) is 4.98 Å². The van der Waals surface area contributed by atoms with E-state index in [1.807, 2.05) is 18.2 Å². The monoisotopic (exact) mass is 365 g/mol. The molecule has 0 amide bonds. The minimum absolute atomic E-state index is 0.0272. The first kappa shape index (κ1) is 18.3. The predicted octanol–water partition coefficient (Wildman–Crippen LogP) is 2.47. The summed E-state index contributed by atoms with van der Waals surface area (Å²) in [7, 11) is 1.34. The first-order valence-corrected chi connectivity index (χ1v) is 8.29. The molecule has 138 valence electrons. The topological polar surface area (TPSA) is 109 Å². The molecule has 1 aromatic carbocycles. The Morgan fingerprint density at radius 3 is 2.52 bits per heavy atom. The van der Waals surface area contributed by atoms with Gasteiger partial charge in [0, 0.05) is 36.3 Å². The molecule has 0 saturated carbocycles. The van der Waals surface area contributed by atoms with Crippen LogP contribution < -0.4 is 10.6 Å². The number of rotatable bonds is 7. The van der Waals surface area contributed by atoms with Crippen molar-refractivity contribution in [2.75, 3.05) is 30.9 Å². The number of nitrogens with one attached hydrogen (secondary N) is 2. The first-order valence-electron chi connectivity index (χ1n) is 8.29. The van der Waals surface area contributed by atoms with Crippen LogP contribution in [0.3, 0.4) is 0 Å². The SMILES string of the molecule is COC(=O)c1ccc(Nc2cc(-c3ccncc3)nc(NCCO)n2)cc1. The summed E-state index contributed by atoms with van der Waals surface area (Å²) in [5.74, 6) is 0.578. The van der Waals surface area contributed by atoms with Gasteiger partial charge in [-0.15, -0.1) is 0 Å². The van der Waals surface area contributed by atoms with Gasteiger partial charge in [0.15, 0.2) is 0 Å². The predicted molar refractivity (Wildman–Crippen MR) is 102 cm³/mol. The van der Waals surface area contributed by atoms with E-state index in [4.69, 9.17) is 9.84 Å². The molecular weight excluding hydrogens is 346 g/mol. The Hall–Kier alpha value is -3.52. The molecule has 0 atom stereocenters. The number of aliphatic hydroxyl groups excluding tert-OH is 1. The Bertz CT molecular complexity index is 901. The number of esters is 1. The van der Waals surface area contributed by atoms with Crippen LogP contribution in [0.4, 0.5) is 17.5 Å². The van der Waals surface area contributed by atoms with Crippen molar-refractivity contribution in [2.45, 2.75) is 0 Å². The van der Waals surface area contributed by atoms with Gasteiger partial charge in [0.1, 0.15) is 5.82 Å². The molecule has 27 heavy (non-hydrogen) atoms. The molecule has 2 heterocycles. The zero-order chi connectivity index (χ0) is 19.1. The van der Waals surface area contributed by atoms with Crippen LogP contribution in [0.15, 0.2) is 54.9 Å². The molecule has 0 spiro atoms. The Morgan fingerprint density at radius 1 is 1.11 bits per heavy atom. The Labute approximate surface area is 156 Å². The summed E-state index contributed by atoms with van der Waals surface area (Å²) in [5.41, 5.74) is 2.83. The van der Waals surface area contributed by atoms with Crippen molar-refractivity contribution < 1.29 is 14.6 Å². The molecule has 0 fully saturated rings. The van der Waals surface area contributed by atoms with Crippen molar-refractivity contribution in [1.29, 1.82) is 0 Å². The molecule has 3 aromatic rings. The number of aliphatic hydroxyl groups is 1. The highest BCUT2D eigenvalue weighted by Gasteiger charge is 2.08. The number of carbonyl (C=O) groups excluding carboxylic acids is 1. The Balaban J connectivity index is 1.88. The van der Waals surface area contributed by atoms with Crippen LogP contribution in [0, 0.1) is 0 Å². The van der Waals surface area contributed by atoms with Gasteiger partial charge in [-0.05, 0) is 36.4 Å². The molecule has 0 bridgehead atoms. The van der Waals surface area contributed by atoms with Crippen LogP contribution in [-0.4, -0.2) is 46.3 Å². The van der Waals surface area contributed by atoms with Crippen molar-refractivity contribution in [1.82, 2.24) is 15.0 Å². The maximum atomic E-state index is 11.5. The van der Waals surface area contributed by atoms with Gasteiger partial charge in [0.25, 0.3) is 0 Å². The van der Waals surface area contributed by atoms with Gasteiger partial charge in [-0.2, -0.15) is 4.98 Å². The van der Waals surface area contributed by atoms with Crippen molar-refractivity contribution in [3.05, 3.63) is 60.4 Å². The summed E-state index contributed by atoms with van der Waals surface area (Å²) in [4.78, 5) is 24.4. The molecule has 3 N–H and O–H groups in total. The highest BCUT2D eigenvalue weighted by atomic mass is 16.5. The maximum absolute atomic E-state index is 11.5. The summed E-state index contributed by atoms with van der Waals surface area (Å²) in [6.07, 6.45) is 3.38. The van der Waals surface area contributed by atoms with E-state index in [0.717, 1.165) is 11.3 Å². The number of nitrogens with zero attached hydrogens (tertiary/aromatic N) is 3. The molecule has 3 rings (SSSR count). The lowest BCUT2D eigenvalue weighted by atomic mass is 10.2. The van der Waals surface area contributed by atoms with Gasteiger partial charge in [-0.25, -0.2) is 9.78 Å². The Kier molecular flexibility index (Phi) is 5.91. The zero-order valence-corrected chi connectivity index (χ0v) is 14.7. The largest absolute Gasteiger partial charge is 0.465 e. The van der Waals surface area contributed by atoms with Crippen LogP contribution in [0.2, 0.25) is 0 Å². The van der Waals surface area contributed by atoms with Crippen molar-refractivity contribution in [3.63, 3.8) is 0 Å². The summed E-state index contributed by atoms with van der Waals surface area (Å²) >= 11 is 0. The van der Waals surface area contributed by atoms with E-state index in [2.05, 4.69) is 25.6 Å². The second kappa shape index (κ2) is 8.72. The number of anilines is 3. The van der Waals surface area contributed by atoms with Crippen molar-refractivity contribution in [3.8, 4) is 11.3 Å². The number of aromatic nitrogens is 3. The standard InChI is InChI=1S/C19H19N5O3/c1-27-18(26)14-2-4-15(5-3-14)22-17-12-16(13-6-8-20-9-7-13)23-19(24-17)21-10-11-25/h2-9,12,25H,10-11H2,1H3,(H2,21,22,23,24). The fourth-order valence-corrected chi connectivity index (χ4v) is 2.38. The second-order valence-corrected chi connectivity index (χ2v) is 5.54. The van der Waals surface area contributed by atoms with Crippen LogP contribution in [0.1, 0.15) is 10.4 Å². The molecular formula is C19H19N5O3. The van der Waals surface area contributed by atoms with Gasteiger partial charge >= 0.3 is 5.97 Å². The van der Waals surface area contributed by atoms with E-state index in [1.165, 1.54) is 7.11 Å². The highest BCUT2D eigenvalue weighted by Crippen LogP contribution is 2.23. The lowest BCUT2D eigenvalue weighted by Crippen LogP contribution is -2.10. The molecule has 0 unspecified atom stereocenters. The molecule has 0 radical (unpaired) electrons. The van der Waals surface area contributed by atoms with E-state index in [1.54, 1.807) is 36.7 Å². The number of ether oxygens (including phenoxy) is 1. The number of pyridine rings is 1. The lowest BCUT2D eigenvalue weighted by Gasteiger charge is -2.11. The number of benzene rings is 1. The van der Waals surface area contributed by atoms with Gasteiger partial charge < -0.3 is 20.5 Å². The van der Waals surface area contributed by atoms with E-state index in [-0.39, 0.29) is 12.6 Å². The first-order chi connectivity index (χ1) is 13.2. The van der Waals surface area contributed by atoms with Crippen LogP contribution in [0.25, 0.3) is 11.3 Å². The van der Waals surface area contributed by atoms with Gasteiger partial charge in [0.2, 0.25) is 5.95 Å². The molecule has 0 saturated heterocycles. The highest BCUT2D eigenvalue weighted by molar-refractivity contribution is 5.89. The molecule has 0 aliphatic rings. The third kappa shape index (κ3) is 4.77. The number of carbonyl (C=O) groups is 1. The third-order valence-electron chi connectivity index (χ3n) is 3.68. The summed E-state index contributed by atoms with van der Waals surface area (Å²) in [6, 6.07) is 12.4. The normalized spacial score (nSPS) is 10.3. The molecule has 0 aliphatic heterocycles. The summed E-state index contributed by atoms with van der Waals surface area (Å²) < 4.78 is 4.70. The quantitative estimate of drug-likeness (QED) is 0.548. The zero-order valence-electron chi connectivity index (χ0n) is 14.7. The molecule has 0 aliphatic carbocycles. The summed E-state index contributed by atoms with van der Waals surface area (Å²) in [5, 5.41) is 15.2. The van der Waals surface area contributed by atoms with E-state index in [0.29, 0.717) is 29.6 Å². The smallest absolute Gasteiger partial charge is 0.337 e. The molecule has 2 aromatic heterocycles. The number of hydrogen-bond donors (Lipinski definition) is 3. The van der Waals surface area contributed by atoms with Crippen LogP contribution >= 0.6 is 0 Å². The van der Waals surface area contributed by atoms with Gasteiger partial charge in [-0.1, -0.05) is 0 Å². The summed E-state index contributed by atoms with van der Waals surface area (Å²) in [6.45, 7) is 0.313. The minimum atomic E-state index is -0.390. The number of hydrogen-bond acceptors (Lipinski definition) is 8. The number of methoxy groups -OCH3 is 1. The molecule has 8 heteroatoms. The van der Waals surface area contributed by atoms with E-state index >= 15 is 0 Å². The van der Waals surface area contributed by atoms with Crippen molar-refractivity contribution in [2.24, 2.45) is 0 Å². The van der Waals surface area contributed by atoms with Gasteiger partial charge in [0.05, 0.1) is 25.0 Å². The second-order valence-electron chi connectivity index (χ2n) is 5.54. The lowest BCUT2D eigenvalue weighted by molar-refractivity contribution is 0.0601. The van der Waals surface area contributed by atoms with Crippen molar-refractivity contribution >= 4 is 23.4 Å². The fraction of sp³-hybridized carbons (Fsp3) is 0.158. The minimum Gasteiger partial charge on any atom is -0.465 e. The third-order valence-corrected chi connectivity index (χ3v) is 3.68. The Morgan fingerprint density at radius 2 is 1.85 bits per heavy atom. The van der Waals surface area contributed by atoms with E-state index < -0.39 is 0 Å². The fourth-order valence-electron chi connectivity index (χ4n) is 2.38. The average Bonchev–Trinajstić information content (AvgIpc) is 2.72. The van der Waals surface area contributed by atoms with E-state index in [9.17, 15) is 4.79 Å². The molecule has 8 nitrogen and oxygen atoms in total.